The Morgan fingerprint density at radius 1 is 1.41 bits per heavy atom. The second-order valence-electron chi connectivity index (χ2n) is 3.47. The lowest BCUT2D eigenvalue weighted by atomic mass is 9.95. The molecule has 2 aromatic rings. The Morgan fingerprint density at radius 3 is 2.65 bits per heavy atom. The smallest absolute Gasteiger partial charge is 0.304 e. The van der Waals surface area contributed by atoms with Crippen molar-refractivity contribution >= 4 is 21.9 Å². The lowest BCUT2D eigenvalue weighted by Crippen LogP contribution is -2.09. The summed E-state index contributed by atoms with van der Waals surface area (Å²) in [6, 6.07) is 7.39. The van der Waals surface area contributed by atoms with Crippen LogP contribution in [0.3, 0.4) is 0 Å². The SMILES string of the molecule is O=C(O)CC(c1ccc(Br)cc1)c1nn[nH]n1. The van der Waals surface area contributed by atoms with Gasteiger partial charge in [-0.1, -0.05) is 33.3 Å². The molecule has 0 bridgehead atoms. The number of nitrogens with zero attached hydrogens (tertiary/aromatic N) is 3. The van der Waals surface area contributed by atoms with Crippen LogP contribution in [0.25, 0.3) is 0 Å². The van der Waals surface area contributed by atoms with Gasteiger partial charge in [0, 0.05) is 4.47 Å². The van der Waals surface area contributed by atoms with Gasteiger partial charge >= 0.3 is 5.97 Å². The molecule has 2 rings (SSSR count). The van der Waals surface area contributed by atoms with Crippen LogP contribution in [0.2, 0.25) is 0 Å². The van der Waals surface area contributed by atoms with Gasteiger partial charge in [-0.2, -0.15) is 5.21 Å². The Hall–Kier alpha value is -1.76. The summed E-state index contributed by atoms with van der Waals surface area (Å²) in [6.07, 6.45) is -0.0683. The summed E-state index contributed by atoms with van der Waals surface area (Å²) < 4.78 is 0.934. The van der Waals surface area contributed by atoms with Crippen LogP contribution in [0.5, 0.6) is 0 Å². The number of aliphatic carboxylic acids is 1. The lowest BCUT2D eigenvalue weighted by Gasteiger charge is -2.10. The maximum absolute atomic E-state index is 10.8. The predicted octanol–water partition coefficient (Wildman–Crippen LogP) is 1.57. The standard InChI is InChI=1S/C10H9BrN4O2/c11-7-3-1-6(2-4-7)8(5-9(16)17)10-12-14-15-13-10/h1-4,8H,5H2,(H,16,17)(H,12,13,14,15). The van der Waals surface area contributed by atoms with Gasteiger partial charge in [-0.3, -0.25) is 4.79 Å². The van der Waals surface area contributed by atoms with E-state index in [0.717, 1.165) is 10.0 Å². The van der Waals surface area contributed by atoms with Gasteiger partial charge in [0.15, 0.2) is 5.82 Å². The van der Waals surface area contributed by atoms with Crippen molar-refractivity contribution in [3.63, 3.8) is 0 Å². The first-order valence-corrected chi connectivity index (χ1v) is 5.66. The van der Waals surface area contributed by atoms with Crippen LogP contribution in [0.1, 0.15) is 23.7 Å². The fraction of sp³-hybridized carbons (Fsp3) is 0.200. The Balaban J connectivity index is 2.33. The van der Waals surface area contributed by atoms with E-state index >= 15 is 0 Å². The second-order valence-corrected chi connectivity index (χ2v) is 4.39. The topological polar surface area (TPSA) is 91.8 Å². The first-order chi connectivity index (χ1) is 8.16. The number of carbonyl (C=O) groups is 1. The van der Waals surface area contributed by atoms with Gasteiger partial charge in [0.1, 0.15) is 0 Å². The Labute approximate surface area is 105 Å². The van der Waals surface area contributed by atoms with E-state index < -0.39 is 5.97 Å². The van der Waals surface area contributed by atoms with Crippen molar-refractivity contribution in [3.8, 4) is 0 Å². The van der Waals surface area contributed by atoms with Crippen LogP contribution in [-0.2, 0) is 4.79 Å². The molecule has 0 fully saturated rings. The van der Waals surface area contributed by atoms with Gasteiger partial charge in [0.25, 0.3) is 0 Å². The highest BCUT2D eigenvalue weighted by Crippen LogP contribution is 2.26. The number of carboxylic acids is 1. The molecule has 1 aromatic carbocycles. The highest BCUT2D eigenvalue weighted by atomic mass is 79.9. The minimum atomic E-state index is -0.900. The zero-order valence-electron chi connectivity index (χ0n) is 8.67. The molecule has 17 heavy (non-hydrogen) atoms. The van der Waals surface area contributed by atoms with E-state index in [1.54, 1.807) is 0 Å². The highest BCUT2D eigenvalue weighted by Gasteiger charge is 2.21. The fourth-order valence-corrected chi connectivity index (χ4v) is 1.81. The van der Waals surface area contributed by atoms with Gasteiger partial charge in [0.05, 0.1) is 12.3 Å². The van der Waals surface area contributed by atoms with Crippen molar-refractivity contribution < 1.29 is 9.90 Å². The number of hydrogen-bond acceptors (Lipinski definition) is 4. The third-order valence-electron chi connectivity index (χ3n) is 2.32. The molecule has 0 aliphatic rings. The second kappa shape index (κ2) is 5.05. The summed E-state index contributed by atoms with van der Waals surface area (Å²) in [7, 11) is 0. The van der Waals surface area contributed by atoms with Crippen LogP contribution in [0.4, 0.5) is 0 Å². The van der Waals surface area contributed by atoms with Gasteiger partial charge in [-0.15, -0.1) is 10.2 Å². The van der Waals surface area contributed by atoms with Crippen molar-refractivity contribution in [2.24, 2.45) is 0 Å². The van der Waals surface area contributed by atoms with Crippen molar-refractivity contribution in [2.75, 3.05) is 0 Å². The molecule has 1 atom stereocenters. The van der Waals surface area contributed by atoms with Crippen molar-refractivity contribution in [3.05, 3.63) is 40.1 Å². The number of hydrogen-bond donors (Lipinski definition) is 2. The largest absolute Gasteiger partial charge is 0.481 e. The van der Waals surface area contributed by atoms with Gasteiger partial charge in [-0.05, 0) is 17.7 Å². The molecule has 2 N–H and O–H groups in total. The Kier molecular flexibility index (Phi) is 3.48. The summed E-state index contributed by atoms with van der Waals surface area (Å²) in [5, 5.41) is 22.4. The Morgan fingerprint density at radius 2 is 2.12 bits per heavy atom. The van der Waals surface area contributed by atoms with Crippen LogP contribution in [0, 0.1) is 0 Å². The molecule has 0 aliphatic carbocycles. The number of H-pyrrole nitrogens is 1. The van der Waals surface area contributed by atoms with Gasteiger partial charge in [-0.25, -0.2) is 0 Å². The molecule has 0 saturated carbocycles. The third kappa shape index (κ3) is 2.88. The van der Waals surface area contributed by atoms with E-state index in [0.29, 0.717) is 5.82 Å². The number of aromatic nitrogens is 4. The Bertz CT molecular complexity index is 498. The zero-order chi connectivity index (χ0) is 12.3. The van der Waals surface area contributed by atoms with E-state index in [1.165, 1.54) is 0 Å². The van der Waals surface area contributed by atoms with Crippen LogP contribution < -0.4 is 0 Å². The minimum absolute atomic E-state index is 0.0683. The number of tetrazole rings is 1. The summed E-state index contributed by atoms with van der Waals surface area (Å²) in [5.41, 5.74) is 0.844. The minimum Gasteiger partial charge on any atom is -0.481 e. The number of aromatic amines is 1. The summed E-state index contributed by atoms with van der Waals surface area (Å²) in [5.74, 6) is -0.906. The summed E-state index contributed by atoms with van der Waals surface area (Å²) in [6.45, 7) is 0. The van der Waals surface area contributed by atoms with Gasteiger partial charge in [0.2, 0.25) is 0 Å². The number of halogens is 1. The monoisotopic (exact) mass is 296 g/mol. The van der Waals surface area contributed by atoms with Crippen molar-refractivity contribution in [1.82, 2.24) is 20.6 Å². The van der Waals surface area contributed by atoms with Gasteiger partial charge < -0.3 is 5.11 Å². The molecular weight excluding hydrogens is 288 g/mol. The highest BCUT2D eigenvalue weighted by molar-refractivity contribution is 9.10. The molecule has 1 heterocycles. The van der Waals surface area contributed by atoms with E-state index in [1.807, 2.05) is 24.3 Å². The number of nitrogens with one attached hydrogen (secondary N) is 1. The lowest BCUT2D eigenvalue weighted by molar-refractivity contribution is -0.137. The van der Waals surface area contributed by atoms with Crippen LogP contribution in [0.15, 0.2) is 28.7 Å². The van der Waals surface area contributed by atoms with Crippen molar-refractivity contribution in [1.29, 1.82) is 0 Å². The number of carboxylic acid groups (broad SMARTS) is 1. The number of benzene rings is 1. The van der Waals surface area contributed by atoms with Crippen molar-refractivity contribution in [2.45, 2.75) is 12.3 Å². The van der Waals surface area contributed by atoms with Crippen LogP contribution in [-0.4, -0.2) is 31.7 Å². The molecule has 6 nitrogen and oxygen atoms in total. The summed E-state index contributed by atoms with van der Waals surface area (Å²) in [4.78, 5) is 10.8. The quantitative estimate of drug-likeness (QED) is 0.893. The average molecular weight is 297 g/mol. The van der Waals surface area contributed by atoms with Crippen LogP contribution >= 0.6 is 15.9 Å². The van der Waals surface area contributed by atoms with E-state index in [4.69, 9.17) is 5.11 Å². The first-order valence-electron chi connectivity index (χ1n) is 4.87. The zero-order valence-corrected chi connectivity index (χ0v) is 10.3. The molecule has 0 saturated heterocycles. The first kappa shape index (κ1) is 11.7. The normalized spacial score (nSPS) is 12.3. The molecule has 1 unspecified atom stereocenters. The molecule has 0 spiro atoms. The van der Waals surface area contributed by atoms with E-state index in [-0.39, 0.29) is 12.3 Å². The fourth-order valence-electron chi connectivity index (χ4n) is 1.55. The molecular formula is C10H9BrN4O2. The molecule has 0 radical (unpaired) electrons. The third-order valence-corrected chi connectivity index (χ3v) is 2.85. The summed E-state index contributed by atoms with van der Waals surface area (Å²) >= 11 is 3.33. The molecule has 0 amide bonds. The predicted molar refractivity (Wildman–Crippen MR) is 62.4 cm³/mol. The maximum atomic E-state index is 10.8. The maximum Gasteiger partial charge on any atom is 0.304 e. The number of rotatable bonds is 4. The molecule has 88 valence electrons. The van der Waals surface area contributed by atoms with E-state index in [2.05, 4.69) is 36.6 Å². The molecule has 7 heteroatoms. The molecule has 0 aliphatic heterocycles. The molecule has 1 aromatic heterocycles. The van der Waals surface area contributed by atoms with E-state index in [9.17, 15) is 4.79 Å². The average Bonchev–Trinajstić information content (AvgIpc) is 2.80.